The zero-order valence-electron chi connectivity index (χ0n) is 7.30. The van der Waals surface area contributed by atoms with Crippen LogP contribution in [0.25, 0.3) is 0 Å². The van der Waals surface area contributed by atoms with E-state index >= 15 is 0 Å². The maximum absolute atomic E-state index is 12.4. The molecule has 1 N–H and O–H groups in total. The summed E-state index contributed by atoms with van der Waals surface area (Å²) in [6.07, 6.45) is 0.745. The Morgan fingerprint density at radius 1 is 1.57 bits per heavy atom. The number of furan rings is 1. The number of amides is 1. The van der Waals surface area contributed by atoms with Crippen molar-refractivity contribution in [1.29, 1.82) is 0 Å². The Morgan fingerprint density at radius 3 is 2.71 bits per heavy atom. The van der Waals surface area contributed by atoms with Crippen molar-refractivity contribution in [3.8, 4) is 0 Å². The third-order valence-electron chi connectivity index (χ3n) is 2.35. The van der Waals surface area contributed by atoms with Crippen LogP contribution < -0.4 is 5.32 Å². The molecule has 0 unspecified atom stereocenters. The highest BCUT2D eigenvalue weighted by Crippen LogP contribution is 2.41. The molecule has 1 saturated carbocycles. The normalized spacial score (nSPS) is 18.2. The first kappa shape index (κ1) is 9.18. The molecule has 5 heteroatoms. The number of hydrogen-bond donors (Lipinski definition) is 1. The minimum Gasteiger partial charge on any atom is -0.472 e. The summed E-state index contributed by atoms with van der Waals surface area (Å²) in [7, 11) is 0. The van der Waals surface area contributed by atoms with Crippen molar-refractivity contribution >= 4 is 5.91 Å². The Hall–Kier alpha value is -1.39. The Labute approximate surface area is 79.1 Å². The van der Waals surface area contributed by atoms with Gasteiger partial charge in [0.25, 0.3) is 12.3 Å². The molecule has 14 heavy (non-hydrogen) atoms. The monoisotopic (exact) mass is 201 g/mol. The van der Waals surface area contributed by atoms with Gasteiger partial charge in [-0.3, -0.25) is 4.79 Å². The van der Waals surface area contributed by atoms with Crippen molar-refractivity contribution < 1.29 is 18.0 Å². The van der Waals surface area contributed by atoms with E-state index in [1.165, 1.54) is 18.6 Å². The van der Waals surface area contributed by atoms with Crippen molar-refractivity contribution in [2.45, 2.75) is 24.8 Å². The smallest absolute Gasteiger partial charge is 0.261 e. The van der Waals surface area contributed by atoms with Crippen LogP contribution in [0.3, 0.4) is 0 Å². The summed E-state index contributed by atoms with van der Waals surface area (Å²) < 4.78 is 29.6. The van der Waals surface area contributed by atoms with Crippen LogP contribution in [-0.4, -0.2) is 17.9 Å². The van der Waals surface area contributed by atoms with Gasteiger partial charge in [-0.25, -0.2) is 8.78 Å². The Morgan fingerprint density at radius 2 is 2.29 bits per heavy atom. The fourth-order valence-electron chi connectivity index (χ4n) is 1.22. The summed E-state index contributed by atoms with van der Waals surface area (Å²) in [5.74, 6) is -0.503. The summed E-state index contributed by atoms with van der Waals surface area (Å²) >= 11 is 0. The fourth-order valence-corrected chi connectivity index (χ4v) is 1.22. The first-order valence-electron chi connectivity index (χ1n) is 4.27. The third-order valence-corrected chi connectivity index (χ3v) is 2.35. The van der Waals surface area contributed by atoms with Gasteiger partial charge < -0.3 is 9.73 Å². The van der Waals surface area contributed by atoms with Crippen LogP contribution in [0.4, 0.5) is 8.78 Å². The van der Waals surface area contributed by atoms with Gasteiger partial charge in [0.2, 0.25) is 0 Å². The SMILES string of the molecule is O=C(NC1(C(F)F)CC1)c1ccoc1. The van der Waals surface area contributed by atoms with Gasteiger partial charge in [0, 0.05) is 0 Å². The predicted molar refractivity (Wildman–Crippen MR) is 44.1 cm³/mol. The minimum atomic E-state index is -2.50. The highest BCUT2D eigenvalue weighted by molar-refractivity contribution is 5.94. The van der Waals surface area contributed by atoms with E-state index < -0.39 is 17.9 Å². The van der Waals surface area contributed by atoms with Gasteiger partial charge in [-0.2, -0.15) is 0 Å². The first-order valence-corrected chi connectivity index (χ1v) is 4.27. The molecular weight excluding hydrogens is 192 g/mol. The van der Waals surface area contributed by atoms with Crippen molar-refractivity contribution in [3.63, 3.8) is 0 Å². The Balaban J connectivity index is 2.02. The number of rotatable bonds is 3. The van der Waals surface area contributed by atoms with Crippen LogP contribution >= 0.6 is 0 Å². The molecule has 1 fully saturated rings. The Bertz CT molecular complexity index is 331. The summed E-state index contributed by atoms with van der Waals surface area (Å²) in [5.41, 5.74) is -1.01. The molecule has 1 aromatic rings. The molecular formula is C9H9F2NO2. The molecule has 1 aromatic heterocycles. The number of carbonyl (C=O) groups is 1. The highest BCUT2D eigenvalue weighted by Gasteiger charge is 2.52. The van der Waals surface area contributed by atoms with E-state index in [1.54, 1.807) is 0 Å². The molecule has 0 atom stereocenters. The summed E-state index contributed by atoms with van der Waals surface area (Å²) in [5, 5.41) is 2.32. The molecule has 2 rings (SSSR count). The summed E-state index contributed by atoms with van der Waals surface area (Å²) in [4.78, 5) is 11.4. The lowest BCUT2D eigenvalue weighted by atomic mass is 10.2. The maximum Gasteiger partial charge on any atom is 0.261 e. The van der Waals surface area contributed by atoms with E-state index in [0.717, 1.165) is 0 Å². The van der Waals surface area contributed by atoms with E-state index in [1.807, 2.05) is 0 Å². The average Bonchev–Trinajstić information content (AvgIpc) is 2.74. The second kappa shape index (κ2) is 3.08. The van der Waals surface area contributed by atoms with E-state index in [-0.39, 0.29) is 5.56 Å². The lowest BCUT2D eigenvalue weighted by molar-refractivity contribution is 0.0679. The molecule has 1 aliphatic carbocycles. The van der Waals surface area contributed by atoms with Gasteiger partial charge in [0.05, 0.1) is 11.8 Å². The van der Waals surface area contributed by atoms with Gasteiger partial charge >= 0.3 is 0 Å². The summed E-state index contributed by atoms with van der Waals surface area (Å²) in [6.45, 7) is 0. The topological polar surface area (TPSA) is 42.2 Å². The fraction of sp³-hybridized carbons (Fsp3) is 0.444. The quantitative estimate of drug-likeness (QED) is 0.810. The number of alkyl halides is 2. The maximum atomic E-state index is 12.4. The van der Waals surface area contributed by atoms with E-state index in [4.69, 9.17) is 0 Å². The van der Waals surface area contributed by atoms with Crippen molar-refractivity contribution in [2.75, 3.05) is 0 Å². The average molecular weight is 201 g/mol. The van der Waals surface area contributed by atoms with Crippen LogP contribution in [0, 0.1) is 0 Å². The molecule has 0 radical (unpaired) electrons. The van der Waals surface area contributed by atoms with Gasteiger partial charge in [-0.15, -0.1) is 0 Å². The molecule has 1 aliphatic rings. The second-order valence-electron chi connectivity index (χ2n) is 3.42. The Kier molecular flexibility index (Phi) is 2.02. The molecule has 0 bridgehead atoms. The van der Waals surface area contributed by atoms with Crippen LogP contribution in [0.15, 0.2) is 23.0 Å². The lowest BCUT2D eigenvalue weighted by Crippen LogP contribution is -2.42. The lowest BCUT2D eigenvalue weighted by Gasteiger charge is -2.15. The molecule has 76 valence electrons. The number of carbonyl (C=O) groups excluding carboxylic acids is 1. The van der Waals surface area contributed by atoms with Gasteiger partial charge in [0.15, 0.2) is 0 Å². The summed E-state index contributed by atoms with van der Waals surface area (Å²) in [6, 6.07) is 1.44. The van der Waals surface area contributed by atoms with Gasteiger partial charge in [0.1, 0.15) is 11.8 Å². The minimum absolute atomic E-state index is 0.275. The number of nitrogens with one attached hydrogen (secondary N) is 1. The molecule has 1 heterocycles. The van der Waals surface area contributed by atoms with Crippen LogP contribution in [0.1, 0.15) is 23.2 Å². The number of halogens is 2. The van der Waals surface area contributed by atoms with E-state index in [2.05, 4.69) is 9.73 Å². The molecule has 0 aromatic carbocycles. The van der Waals surface area contributed by atoms with E-state index in [9.17, 15) is 13.6 Å². The van der Waals surface area contributed by atoms with Crippen LogP contribution in [-0.2, 0) is 0 Å². The standard InChI is InChI=1S/C9H9F2NO2/c10-8(11)9(2-3-9)12-7(13)6-1-4-14-5-6/h1,4-5,8H,2-3H2,(H,12,13). The second-order valence-corrected chi connectivity index (χ2v) is 3.42. The predicted octanol–water partition coefficient (Wildman–Crippen LogP) is 1.81. The van der Waals surface area contributed by atoms with Gasteiger partial charge in [-0.1, -0.05) is 0 Å². The molecule has 0 aliphatic heterocycles. The zero-order chi connectivity index (χ0) is 10.2. The van der Waals surface area contributed by atoms with E-state index in [0.29, 0.717) is 12.8 Å². The molecule has 3 nitrogen and oxygen atoms in total. The highest BCUT2D eigenvalue weighted by atomic mass is 19.3. The van der Waals surface area contributed by atoms with Crippen molar-refractivity contribution in [1.82, 2.24) is 5.32 Å². The largest absolute Gasteiger partial charge is 0.472 e. The first-order chi connectivity index (χ1) is 6.64. The van der Waals surface area contributed by atoms with Crippen molar-refractivity contribution in [3.05, 3.63) is 24.2 Å². The van der Waals surface area contributed by atoms with Crippen LogP contribution in [0.2, 0.25) is 0 Å². The van der Waals surface area contributed by atoms with Crippen molar-refractivity contribution in [2.24, 2.45) is 0 Å². The zero-order valence-corrected chi connectivity index (χ0v) is 7.30. The third kappa shape index (κ3) is 1.49. The van der Waals surface area contributed by atoms with Crippen LogP contribution in [0.5, 0.6) is 0 Å². The molecule has 0 saturated heterocycles. The number of hydrogen-bond acceptors (Lipinski definition) is 2. The molecule has 0 spiro atoms. The molecule has 1 amide bonds. The van der Waals surface area contributed by atoms with Gasteiger partial charge in [-0.05, 0) is 18.9 Å².